The molecule has 0 aliphatic carbocycles. The molecule has 1 aromatic heterocycles. The highest BCUT2D eigenvalue weighted by molar-refractivity contribution is 5.24. The second kappa shape index (κ2) is 8.04. The first-order valence-electron chi connectivity index (χ1n) is 6.94. The molecule has 6 nitrogen and oxygen atoms in total. The van der Waals surface area contributed by atoms with E-state index >= 15 is 0 Å². The van der Waals surface area contributed by atoms with E-state index in [0.29, 0.717) is 5.95 Å². The Kier molecular flexibility index (Phi) is 6.00. The van der Waals surface area contributed by atoms with E-state index in [4.69, 9.17) is 4.74 Å². The van der Waals surface area contributed by atoms with Crippen molar-refractivity contribution in [3.05, 3.63) is 18.0 Å². The van der Waals surface area contributed by atoms with E-state index < -0.39 is 0 Å². The van der Waals surface area contributed by atoms with Crippen LogP contribution < -0.4 is 10.6 Å². The number of ether oxygens (including phenoxy) is 1. The molecule has 106 valence electrons. The van der Waals surface area contributed by atoms with Gasteiger partial charge >= 0.3 is 0 Å². The minimum Gasteiger partial charge on any atom is -0.379 e. The Morgan fingerprint density at radius 3 is 2.68 bits per heavy atom. The van der Waals surface area contributed by atoms with Crippen LogP contribution in [0.4, 0.5) is 5.95 Å². The van der Waals surface area contributed by atoms with Gasteiger partial charge in [0, 0.05) is 57.2 Å². The van der Waals surface area contributed by atoms with Crippen LogP contribution >= 0.6 is 0 Å². The maximum atomic E-state index is 5.32. The average molecular weight is 265 g/mol. The highest BCUT2D eigenvalue weighted by Crippen LogP contribution is 2.00. The Hall–Kier alpha value is -1.24. The van der Waals surface area contributed by atoms with Crippen molar-refractivity contribution in [2.45, 2.75) is 13.5 Å². The van der Waals surface area contributed by atoms with Gasteiger partial charge in [-0.1, -0.05) is 0 Å². The number of hydrogen-bond donors (Lipinski definition) is 2. The van der Waals surface area contributed by atoms with Crippen molar-refractivity contribution in [2.75, 3.05) is 51.3 Å². The molecule has 19 heavy (non-hydrogen) atoms. The van der Waals surface area contributed by atoms with E-state index in [1.54, 1.807) is 0 Å². The van der Waals surface area contributed by atoms with Crippen molar-refractivity contribution < 1.29 is 4.74 Å². The van der Waals surface area contributed by atoms with Gasteiger partial charge in [-0.15, -0.1) is 0 Å². The van der Waals surface area contributed by atoms with Gasteiger partial charge in [-0.25, -0.2) is 9.97 Å². The molecule has 0 bridgehead atoms. The van der Waals surface area contributed by atoms with Crippen LogP contribution in [0.3, 0.4) is 0 Å². The summed E-state index contributed by atoms with van der Waals surface area (Å²) in [6, 6.07) is 0. The lowest BCUT2D eigenvalue weighted by Crippen LogP contribution is -2.40. The first-order chi connectivity index (χ1) is 9.38. The zero-order chi connectivity index (χ0) is 13.3. The molecule has 2 rings (SSSR count). The third-order valence-electron chi connectivity index (χ3n) is 3.08. The number of nitrogens with zero attached hydrogens (tertiary/aromatic N) is 3. The normalized spacial score (nSPS) is 16.5. The quantitative estimate of drug-likeness (QED) is 0.693. The van der Waals surface area contributed by atoms with Crippen LogP contribution in [-0.2, 0) is 11.3 Å². The Morgan fingerprint density at radius 1 is 1.26 bits per heavy atom. The average Bonchev–Trinajstić information content (AvgIpc) is 2.47. The predicted molar refractivity (Wildman–Crippen MR) is 75.2 cm³/mol. The number of hydrogen-bond acceptors (Lipinski definition) is 6. The van der Waals surface area contributed by atoms with Crippen LogP contribution in [0, 0.1) is 0 Å². The highest BCUT2D eigenvalue weighted by atomic mass is 16.5. The summed E-state index contributed by atoms with van der Waals surface area (Å²) in [6.45, 7) is 9.55. The van der Waals surface area contributed by atoms with E-state index in [2.05, 4.69) is 25.5 Å². The molecular weight excluding hydrogens is 242 g/mol. The molecule has 1 saturated heterocycles. The van der Waals surface area contributed by atoms with Crippen molar-refractivity contribution in [3.63, 3.8) is 0 Å². The third kappa shape index (κ3) is 5.10. The van der Waals surface area contributed by atoms with E-state index in [9.17, 15) is 0 Å². The first-order valence-corrected chi connectivity index (χ1v) is 6.94. The molecule has 1 aromatic rings. The molecular formula is C13H23N5O. The zero-order valence-corrected chi connectivity index (χ0v) is 11.6. The summed E-state index contributed by atoms with van der Waals surface area (Å²) < 4.78 is 5.32. The fourth-order valence-corrected chi connectivity index (χ4v) is 1.99. The Bertz CT molecular complexity index is 351. The predicted octanol–water partition coefficient (Wildman–Crippen LogP) is 0.330. The zero-order valence-electron chi connectivity index (χ0n) is 11.6. The third-order valence-corrected chi connectivity index (χ3v) is 3.08. The monoisotopic (exact) mass is 265 g/mol. The lowest BCUT2D eigenvalue weighted by Gasteiger charge is -2.26. The number of aromatic nitrogens is 2. The molecule has 2 heterocycles. The SMILES string of the molecule is CCNc1ncc(CNCCN2CCOCC2)cn1. The van der Waals surface area contributed by atoms with Crippen LogP contribution in [0.2, 0.25) is 0 Å². The number of morpholine rings is 1. The molecule has 1 fully saturated rings. The number of nitrogens with one attached hydrogen (secondary N) is 2. The summed E-state index contributed by atoms with van der Waals surface area (Å²) in [5.41, 5.74) is 1.11. The summed E-state index contributed by atoms with van der Waals surface area (Å²) in [4.78, 5) is 10.9. The van der Waals surface area contributed by atoms with Gasteiger partial charge in [0.05, 0.1) is 13.2 Å². The van der Waals surface area contributed by atoms with Gasteiger partial charge in [0.2, 0.25) is 5.95 Å². The topological polar surface area (TPSA) is 62.3 Å². The molecule has 0 atom stereocenters. The van der Waals surface area contributed by atoms with Gasteiger partial charge < -0.3 is 15.4 Å². The van der Waals surface area contributed by atoms with Gasteiger partial charge in [-0.05, 0) is 6.92 Å². The van der Waals surface area contributed by atoms with E-state index in [0.717, 1.165) is 58.0 Å². The standard InChI is InChI=1S/C13H23N5O/c1-2-15-13-16-10-12(11-17-13)9-14-3-4-18-5-7-19-8-6-18/h10-11,14H,2-9H2,1H3,(H,15,16,17). The fourth-order valence-electron chi connectivity index (χ4n) is 1.99. The lowest BCUT2D eigenvalue weighted by molar-refractivity contribution is 0.0384. The minimum atomic E-state index is 0.694. The smallest absolute Gasteiger partial charge is 0.222 e. The molecule has 1 aliphatic heterocycles. The summed E-state index contributed by atoms with van der Waals surface area (Å²) in [5, 5.41) is 6.50. The second-order valence-electron chi connectivity index (χ2n) is 4.58. The molecule has 2 N–H and O–H groups in total. The minimum absolute atomic E-state index is 0.694. The molecule has 0 spiro atoms. The van der Waals surface area contributed by atoms with Gasteiger partial charge in [0.25, 0.3) is 0 Å². The van der Waals surface area contributed by atoms with E-state index in [-0.39, 0.29) is 0 Å². The van der Waals surface area contributed by atoms with Crippen LogP contribution in [0.5, 0.6) is 0 Å². The highest BCUT2D eigenvalue weighted by Gasteiger charge is 2.08. The maximum absolute atomic E-state index is 5.32. The van der Waals surface area contributed by atoms with E-state index in [1.165, 1.54) is 0 Å². The van der Waals surface area contributed by atoms with Gasteiger partial charge in [0.15, 0.2) is 0 Å². The lowest BCUT2D eigenvalue weighted by atomic mass is 10.3. The van der Waals surface area contributed by atoms with Crippen molar-refractivity contribution in [1.29, 1.82) is 0 Å². The van der Waals surface area contributed by atoms with Crippen molar-refractivity contribution in [3.8, 4) is 0 Å². The van der Waals surface area contributed by atoms with Crippen LogP contribution in [-0.4, -0.2) is 60.8 Å². The van der Waals surface area contributed by atoms with Crippen LogP contribution in [0.15, 0.2) is 12.4 Å². The number of rotatable bonds is 7. The molecule has 0 aromatic carbocycles. The molecule has 0 radical (unpaired) electrons. The van der Waals surface area contributed by atoms with Gasteiger partial charge in [-0.2, -0.15) is 0 Å². The Morgan fingerprint density at radius 2 is 2.00 bits per heavy atom. The summed E-state index contributed by atoms with van der Waals surface area (Å²) in [5.74, 6) is 0.694. The van der Waals surface area contributed by atoms with Gasteiger partial charge in [-0.3, -0.25) is 4.90 Å². The maximum Gasteiger partial charge on any atom is 0.222 e. The molecule has 0 unspecified atom stereocenters. The molecule has 0 saturated carbocycles. The summed E-state index contributed by atoms with van der Waals surface area (Å²) >= 11 is 0. The summed E-state index contributed by atoms with van der Waals surface area (Å²) in [7, 11) is 0. The van der Waals surface area contributed by atoms with Gasteiger partial charge in [0.1, 0.15) is 0 Å². The van der Waals surface area contributed by atoms with E-state index in [1.807, 2.05) is 19.3 Å². The summed E-state index contributed by atoms with van der Waals surface area (Å²) in [6.07, 6.45) is 3.74. The molecule has 6 heteroatoms. The number of anilines is 1. The van der Waals surface area contributed by atoms with Crippen molar-refractivity contribution >= 4 is 5.95 Å². The molecule has 0 amide bonds. The van der Waals surface area contributed by atoms with Crippen molar-refractivity contribution in [2.24, 2.45) is 0 Å². The van der Waals surface area contributed by atoms with Crippen LogP contribution in [0.1, 0.15) is 12.5 Å². The van der Waals surface area contributed by atoms with Crippen molar-refractivity contribution in [1.82, 2.24) is 20.2 Å². The fraction of sp³-hybridized carbons (Fsp3) is 0.692. The second-order valence-corrected chi connectivity index (χ2v) is 4.58. The molecule has 1 aliphatic rings. The Labute approximate surface area is 114 Å². The first kappa shape index (κ1) is 14.2. The Balaban J connectivity index is 1.62. The van der Waals surface area contributed by atoms with Crippen LogP contribution in [0.25, 0.3) is 0 Å². The largest absolute Gasteiger partial charge is 0.379 e.